The Balaban J connectivity index is 6.26. The molecule has 0 bridgehead atoms. The largest absolute Gasteiger partial charge is 0.513 e. The number of phosphoric acid groups is 2. The molecule has 0 aliphatic rings. The van der Waals surface area contributed by atoms with E-state index >= 15 is 0 Å². The number of rotatable bonds is 11. The van der Waals surface area contributed by atoms with Crippen LogP contribution in [0.1, 0.15) is 26.7 Å². The Bertz CT molecular complexity index is 961. The van der Waals surface area contributed by atoms with E-state index in [4.69, 9.17) is 20.0 Å². The first-order valence-electron chi connectivity index (χ1n) is 8.29. The summed E-state index contributed by atoms with van der Waals surface area (Å²) in [7, 11) is -11.3. The van der Waals surface area contributed by atoms with Gasteiger partial charge in [-0.2, -0.15) is 4.31 Å². The summed E-state index contributed by atoms with van der Waals surface area (Å²) in [5, 5.41) is 17.0. The Labute approximate surface area is 192 Å². The van der Waals surface area contributed by atoms with E-state index in [2.05, 4.69) is 27.8 Å². The van der Waals surface area contributed by atoms with Gasteiger partial charge in [0.15, 0.2) is 6.10 Å². The van der Waals surface area contributed by atoms with Crippen LogP contribution in [0.2, 0.25) is 0 Å². The number of carbonyl (C=O) groups excluding carboxylic acids is 5. The maximum atomic E-state index is 12.4. The van der Waals surface area contributed by atoms with Crippen LogP contribution in [0, 0.1) is 0 Å². The maximum Gasteiger partial charge on any atom is 0.513 e. The Hall–Kier alpha value is -3.25. The minimum atomic E-state index is -5.70. The molecule has 2 atom stereocenters. The van der Waals surface area contributed by atoms with Crippen molar-refractivity contribution < 1.29 is 95.4 Å². The predicted molar refractivity (Wildman–Crippen MR) is 96.6 cm³/mol. The molecule has 0 saturated carbocycles. The van der Waals surface area contributed by atoms with Crippen molar-refractivity contribution in [1.82, 2.24) is 0 Å². The van der Waals surface area contributed by atoms with Gasteiger partial charge in [0, 0.05) is 6.92 Å². The molecule has 0 aromatic rings. The Morgan fingerprint density at radius 2 is 1.26 bits per heavy atom. The highest BCUT2D eigenvalue weighted by molar-refractivity contribution is 7.60. The van der Waals surface area contributed by atoms with Crippen molar-refractivity contribution in [2.75, 3.05) is 0 Å². The molecule has 2 unspecified atom stereocenters. The first-order chi connectivity index (χ1) is 15.7. The molecule has 0 aliphatic carbocycles. The molecule has 0 heterocycles. The predicted octanol–water partition coefficient (Wildman–Crippen LogP) is -0.804. The van der Waals surface area contributed by atoms with Gasteiger partial charge >= 0.3 is 57.8 Å². The van der Waals surface area contributed by atoms with E-state index in [1.807, 2.05) is 0 Å². The highest BCUT2D eigenvalue weighted by atomic mass is 31.3. The van der Waals surface area contributed by atoms with Crippen molar-refractivity contribution in [3.63, 3.8) is 0 Å². The molecule has 0 aliphatic heterocycles. The smallest absolute Gasteiger partial charge is 0.449 e. The molecular weight excluding hydrogens is 538 g/mol. The Kier molecular flexibility index (Phi) is 11.3. The fourth-order valence-electron chi connectivity index (χ4n) is 1.95. The van der Waals surface area contributed by atoms with Crippen LogP contribution < -0.4 is 0 Å². The summed E-state index contributed by atoms with van der Waals surface area (Å²) in [5.74, 6) is -9.32. The van der Waals surface area contributed by atoms with Crippen LogP contribution in [0.15, 0.2) is 0 Å². The zero-order chi connectivity index (χ0) is 27.8. The zero-order valence-corrected chi connectivity index (χ0v) is 19.0. The standard InChI is InChI=1S/C13H16O20P2/c1-5(32-35(26,27)33-34(23,24)25)9(17)31-13(10(18)28-6(2)14,3-7(15)29-11(19)20)4-8(16)30-12(21)22/h5H,3-4H2,1-2H3,(H,19,20)(H,21,22)(H,26,27)(H2,23,24,25). The topological polar surface area (TPSA) is 310 Å². The lowest BCUT2D eigenvalue weighted by molar-refractivity contribution is -0.195. The molecular formula is C13H16O20P2. The first-order valence-corrected chi connectivity index (χ1v) is 11.3. The lowest BCUT2D eigenvalue weighted by Crippen LogP contribution is -2.50. The third-order valence-corrected chi connectivity index (χ3v) is 5.26. The van der Waals surface area contributed by atoms with Crippen molar-refractivity contribution in [2.24, 2.45) is 0 Å². The second-order valence-electron chi connectivity index (χ2n) is 5.92. The highest BCUT2D eigenvalue weighted by Crippen LogP contribution is 2.58. The van der Waals surface area contributed by atoms with E-state index in [9.17, 15) is 47.6 Å². The van der Waals surface area contributed by atoms with Gasteiger partial charge in [0.05, 0.1) is 12.8 Å². The molecule has 198 valence electrons. The molecule has 35 heavy (non-hydrogen) atoms. The highest BCUT2D eigenvalue weighted by Gasteiger charge is 2.51. The summed E-state index contributed by atoms with van der Waals surface area (Å²) in [6, 6.07) is 0. The lowest BCUT2D eigenvalue weighted by Gasteiger charge is -2.29. The van der Waals surface area contributed by atoms with Crippen LogP contribution in [0.25, 0.3) is 0 Å². The average molecular weight is 554 g/mol. The van der Waals surface area contributed by atoms with E-state index in [1.54, 1.807) is 0 Å². The summed E-state index contributed by atoms with van der Waals surface area (Å²) in [6.07, 6.45) is -10.4. The number of esters is 5. The summed E-state index contributed by atoms with van der Waals surface area (Å²) >= 11 is 0. The van der Waals surface area contributed by atoms with Crippen molar-refractivity contribution >= 4 is 57.8 Å². The number of ether oxygens (including phenoxy) is 4. The number of hydrogen-bond acceptors (Lipinski definition) is 15. The zero-order valence-electron chi connectivity index (χ0n) is 17.2. The first kappa shape index (κ1) is 31.8. The van der Waals surface area contributed by atoms with Crippen LogP contribution in [0.3, 0.4) is 0 Å². The van der Waals surface area contributed by atoms with Crippen molar-refractivity contribution in [2.45, 2.75) is 38.4 Å². The van der Waals surface area contributed by atoms with Crippen LogP contribution >= 0.6 is 15.6 Å². The van der Waals surface area contributed by atoms with Gasteiger partial charge in [-0.15, -0.1) is 0 Å². The van der Waals surface area contributed by atoms with Crippen LogP contribution in [0.4, 0.5) is 9.59 Å². The van der Waals surface area contributed by atoms with Crippen molar-refractivity contribution in [3.8, 4) is 0 Å². The van der Waals surface area contributed by atoms with E-state index < -0.39 is 82.3 Å². The lowest BCUT2D eigenvalue weighted by atomic mass is 9.94. The van der Waals surface area contributed by atoms with E-state index in [-0.39, 0.29) is 0 Å². The Morgan fingerprint density at radius 3 is 1.60 bits per heavy atom. The summed E-state index contributed by atoms with van der Waals surface area (Å²) in [4.78, 5) is 107. The molecule has 0 radical (unpaired) electrons. The van der Waals surface area contributed by atoms with Gasteiger partial charge in [0.2, 0.25) is 5.60 Å². The third-order valence-electron chi connectivity index (χ3n) is 3.00. The van der Waals surface area contributed by atoms with E-state index in [1.165, 1.54) is 0 Å². The molecule has 0 spiro atoms. The fraction of sp³-hybridized carbons (Fsp3) is 0.462. The van der Waals surface area contributed by atoms with Gasteiger partial charge in [-0.25, -0.2) is 28.3 Å². The van der Waals surface area contributed by atoms with E-state index in [0.717, 1.165) is 0 Å². The van der Waals surface area contributed by atoms with Gasteiger partial charge in [-0.05, 0) is 6.92 Å². The van der Waals surface area contributed by atoms with Gasteiger partial charge in [-0.1, -0.05) is 0 Å². The SMILES string of the molecule is CC(=O)OC(=O)C(CC(=O)OC(=O)O)(CC(=O)OC(=O)O)OC(=O)C(C)OP(=O)(O)OP(=O)(O)O. The second-order valence-corrected chi connectivity index (χ2v) is 8.70. The fourth-order valence-corrected chi connectivity index (χ4v) is 3.66. The number of carbonyl (C=O) groups is 7. The van der Waals surface area contributed by atoms with Crippen molar-refractivity contribution in [1.29, 1.82) is 0 Å². The number of phosphoric ester groups is 1. The minimum absolute atomic E-state index is 0.570. The Morgan fingerprint density at radius 1 is 0.829 bits per heavy atom. The molecule has 22 heteroatoms. The molecule has 0 aromatic heterocycles. The quantitative estimate of drug-likeness (QED) is 0.0902. The minimum Gasteiger partial charge on any atom is -0.449 e. The van der Waals surface area contributed by atoms with Crippen LogP contribution in [0.5, 0.6) is 0 Å². The molecule has 0 aromatic carbocycles. The maximum absolute atomic E-state index is 12.4. The summed E-state index contributed by atoms with van der Waals surface area (Å²) < 4.78 is 45.9. The molecule has 5 N–H and O–H groups in total. The number of hydrogen-bond donors (Lipinski definition) is 5. The van der Waals surface area contributed by atoms with Gasteiger partial charge in [0.1, 0.15) is 0 Å². The number of carboxylic acid groups (broad SMARTS) is 2. The molecule has 0 fully saturated rings. The average Bonchev–Trinajstić information content (AvgIpc) is 2.56. The third kappa shape index (κ3) is 12.7. The normalized spacial score (nSPS) is 14.0. The summed E-state index contributed by atoms with van der Waals surface area (Å²) in [6.45, 7) is 1.18. The molecule has 0 saturated heterocycles. The summed E-state index contributed by atoms with van der Waals surface area (Å²) in [5.41, 5.74) is -3.39. The molecule has 0 rings (SSSR count). The molecule has 20 nitrogen and oxygen atoms in total. The van der Waals surface area contributed by atoms with Gasteiger partial charge < -0.3 is 43.8 Å². The van der Waals surface area contributed by atoms with Gasteiger partial charge in [-0.3, -0.25) is 18.9 Å². The van der Waals surface area contributed by atoms with E-state index in [0.29, 0.717) is 13.8 Å². The van der Waals surface area contributed by atoms with Crippen molar-refractivity contribution in [3.05, 3.63) is 0 Å². The van der Waals surface area contributed by atoms with Gasteiger partial charge in [0.25, 0.3) is 0 Å². The second kappa shape index (κ2) is 12.5. The van der Waals surface area contributed by atoms with Crippen LogP contribution in [-0.4, -0.2) is 78.8 Å². The molecule has 0 amide bonds. The monoisotopic (exact) mass is 554 g/mol. The van der Waals surface area contributed by atoms with Crippen LogP contribution in [-0.2, 0) is 60.9 Å².